The minimum atomic E-state index is -4.74. The van der Waals surface area contributed by atoms with Crippen LogP contribution in [0.3, 0.4) is 0 Å². The van der Waals surface area contributed by atoms with Crippen molar-refractivity contribution in [1.82, 2.24) is 0 Å². The van der Waals surface area contributed by atoms with Crippen LogP contribution in [0.1, 0.15) is 73.1 Å². The van der Waals surface area contributed by atoms with Crippen LogP contribution in [0, 0.1) is 46.3 Å². The largest absolute Gasteiger partial charge is 0.397 e. The van der Waals surface area contributed by atoms with Gasteiger partial charge < -0.3 is 14.9 Å². The number of hydrogen-bond donors (Lipinski definition) is 3. The van der Waals surface area contributed by atoms with Crippen molar-refractivity contribution in [2.45, 2.75) is 104 Å². The molecule has 0 bridgehead atoms. The van der Waals surface area contributed by atoms with Gasteiger partial charge in [0.05, 0.1) is 18.3 Å². The van der Waals surface area contributed by atoms with Crippen LogP contribution in [0.2, 0.25) is 0 Å². The van der Waals surface area contributed by atoms with Crippen molar-refractivity contribution in [3.63, 3.8) is 0 Å². The fourth-order valence-corrected chi connectivity index (χ4v) is 9.63. The first kappa shape index (κ1) is 25.2. The summed E-state index contributed by atoms with van der Waals surface area (Å²) in [5.74, 6) is 2.12. The Kier molecular flexibility index (Phi) is 6.10. The average Bonchev–Trinajstić information content (AvgIpc) is 3.46. The van der Waals surface area contributed by atoms with Crippen molar-refractivity contribution in [3.8, 4) is 0 Å². The molecule has 34 heavy (non-hydrogen) atoms. The zero-order valence-electron chi connectivity index (χ0n) is 21.1. The molecule has 194 valence electrons. The Hall–Kier alpha value is -0.510. The third kappa shape index (κ3) is 3.82. The molecule has 3 N–H and O–H groups in total. The van der Waals surface area contributed by atoms with E-state index in [1.165, 1.54) is 12.0 Å². The SMILES string of the molecule is CC(C)[C@@H]1O[C@H]1[C@@H](C)[C@H]1CC[C@H]2C3=CC[C@H]4[C@H](OS(=O)(=O)O)[C@@H](O)[C@H](O)C[C@]4(C)[C@H]3CC[C@]12C. The lowest BCUT2D eigenvalue weighted by molar-refractivity contribution is -0.165. The fraction of sp³-hybridized carbons (Fsp3) is 0.923. The van der Waals surface area contributed by atoms with Crippen LogP contribution < -0.4 is 0 Å². The molecule has 0 aromatic rings. The molecular formula is C26H42O7S. The van der Waals surface area contributed by atoms with E-state index in [0.717, 1.165) is 19.3 Å². The maximum atomic E-state index is 11.5. The summed E-state index contributed by atoms with van der Waals surface area (Å²) in [7, 11) is -4.74. The highest BCUT2D eigenvalue weighted by Gasteiger charge is 2.63. The van der Waals surface area contributed by atoms with Crippen molar-refractivity contribution < 1.29 is 32.1 Å². The van der Waals surface area contributed by atoms with Gasteiger partial charge in [0.2, 0.25) is 0 Å². The van der Waals surface area contributed by atoms with Crippen LogP contribution in [-0.2, 0) is 19.3 Å². The molecule has 7 nitrogen and oxygen atoms in total. The molecule has 8 heteroatoms. The van der Waals surface area contributed by atoms with Gasteiger partial charge in [0.25, 0.3) is 0 Å². The predicted molar refractivity (Wildman–Crippen MR) is 127 cm³/mol. The summed E-state index contributed by atoms with van der Waals surface area (Å²) in [6.07, 6.45) is 4.89. The van der Waals surface area contributed by atoms with Crippen LogP contribution in [0.4, 0.5) is 0 Å². The second-order valence-corrected chi connectivity index (χ2v) is 13.9. The smallest absolute Gasteiger partial charge is 0.390 e. The first-order valence-electron chi connectivity index (χ1n) is 13.1. The maximum absolute atomic E-state index is 11.5. The van der Waals surface area contributed by atoms with Crippen LogP contribution in [0.15, 0.2) is 11.6 Å². The summed E-state index contributed by atoms with van der Waals surface area (Å²) in [6, 6.07) is 0. The van der Waals surface area contributed by atoms with E-state index in [2.05, 4.69) is 40.7 Å². The van der Waals surface area contributed by atoms with Gasteiger partial charge in [-0.1, -0.05) is 46.3 Å². The van der Waals surface area contributed by atoms with Crippen molar-refractivity contribution in [1.29, 1.82) is 0 Å². The van der Waals surface area contributed by atoms with E-state index in [1.54, 1.807) is 0 Å². The maximum Gasteiger partial charge on any atom is 0.397 e. The van der Waals surface area contributed by atoms with E-state index >= 15 is 0 Å². The molecule has 1 saturated heterocycles. The monoisotopic (exact) mass is 498 g/mol. The molecule has 4 aliphatic carbocycles. The Labute approximate surface area is 204 Å². The fourth-order valence-electron chi connectivity index (χ4n) is 9.11. The number of aliphatic hydroxyl groups is 2. The molecule has 5 aliphatic rings. The number of ether oxygens (including phenoxy) is 1. The van der Waals surface area contributed by atoms with E-state index in [0.29, 0.717) is 48.7 Å². The number of fused-ring (bicyclic) bond motifs is 5. The number of rotatable bonds is 5. The molecule has 12 atom stereocenters. The van der Waals surface area contributed by atoms with Gasteiger partial charge in [0, 0.05) is 0 Å². The van der Waals surface area contributed by atoms with Crippen LogP contribution in [0.25, 0.3) is 0 Å². The first-order valence-corrected chi connectivity index (χ1v) is 14.5. The molecule has 3 saturated carbocycles. The summed E-state index contributed by atoms with van der Waals surface area (Å²) in [4.78, 5) is 0. The Bertz CT molecular complexity index is 947. The Morgan fingerprint density at radius 3 is 2.35 bits per heavy atom. The average molecular weight is 499 g/mol. The zero-order chi connectivity index (χ0) is 24.8. The Balaban J connectivity index is 1.42. The molecule has 0 radical (unpaired) electrons. The number of epoxide rings is 1. The van der Waals surface area contributed by atoms with E-state index < -0.39 is 34.1 Å². The lowest BCUT2D eigenvalue weighted by atomic mass is 9.47. The van der Waals surface area contributed by atoms with E-state index in [1.807, 2.05) is 0 Å². The molecule has 0 spiro atoms. The van der Waals surface area contributed by atoms with Gasteiger partial charge in [-0.3, -0.25) is 4.55 Å². The summed E-state index contributed by atoms with van der Waals surface area (Å²) >= 11 is 0. The number of aliphatic hydroxyl groups excluding tert-OH is 2. The van der Waals surface area contributed by atoms with Crippen LogP contribution >= 0.6 is 0 Å². The molecule has 0 amide bonds. The summed E-state index contributed by atoms with van der Waals surface area (Å²) in [6.45, 7) is 11.4. The zero-order valence-corrected chi connectivity index (χ0v) is 21.9. The molecule has 0 unspecified atom stereocenters. The van der Waals surface area contributed by atoms with Crippen molar-refractivity contribution in [2.24, 2.45) is 46.3 Å². The third-order valence-corrected chi connectivity index (χ3v) is 11.3. The van der Waals surface area contributed by atoms with Crippen molar-refractivity contribution in [2.75, 3.05) is 0 Å². The molecular weight excluding hydrogens is 456 g/mol. The van der Waals surface area contributed by atoms with Gasteiger partial charge in [-0.2, -0.15) is 8.42 Å². The highest BCUT2D eigenvalue weighted by atomic mass is 32.3. The molecule has 1 aliphatic heterocycles. The van der Waals surface area contributed by atoms with Crippen molar-refractivity contribution >= 4 is 10.4 Å². The second-order valence-electron chi connectivity index (χ2n) is 12.8. The van der Waals surface area contributed by atoms with Gasteiger partial charge in [0.15, 0.2) is 0 Å². The van der Waals surface area contributed by atoms with Gasteiger partial charge in [-0.05, 0) is 84.9 Å². The Morgan fingerprint density at radius 1 is 1.06 bits per heavy atom. The lowest BCUT2D eigenvalue weighted by Crippen LogP contribution is -2.60. The Morgan fingerprint density at radius 2 is 1.74 bits per heavy atom. The minimum absolute atomic E-state index is 0.216. The summed E-state index contributed by atoms with van der Waals surface area (Å²) in [5, 5.41) is 21.3. The molecule has 5 rings (SSSR count). The van der Waals surface area contributed by atoms with Gasteiger partial charge in [0.1, 0.15) is 12.2 Å². The highest BCUT2D eigenvalue weighted by Crippen LogP contribution is 2.67. The van der Waals surface area contributed by atoms with E-state index in [4.69, 9.17) is 8.92 Å². The van der Waals surface area contributed by atoms with E-state index in [-0.39, 0.29) is 17.3 Å². The summed E-state index contributed by atoms with van der Waals surface area (Å²) in [5.41, 5.74) is 1.29. The minimum Gasteiger partial charge on any atom is -0.390 e. The predicted octanol–water partition coefficient (Wildman–Crippen LogP) is 3.75. The van der Waals surface area contributed by atoms with Gasteiger partial charge >= 0.3 is 10.4 Å². The lowest BCUT2D eigenvalue weighted by Gasteiger charge is -2.59. The van der Waals surface area contributed by atoms with Crippen molar-refractivity contribution in [3.05, 3.63) is 11.6 Å². The van der Waals surface area contributed by atoms with Gasteiger partial charge in [-0.15, -0.1) is 0 Å². The number of hydrogen-bond acceptors (Lipinski definition) is 6. The first-order chi connectivity index (χ1) is 15.8. The molecule has 0 aromatic heterocycles. The highest BCUT2D eigenvalue weighted by molar-refractivity contribution is 7.80. The standard InChI is InChI=1S/C26H42O7S/c1-13(2)22-23(32-22)14(3)16-8-9-17-15-6-7-19-24(33-34(29,30)31)21(28)20(27)12-26(19,5)18(15)10-11-25(16,17)4/h6,13-14,16-24,27-28H,7-12H2,1-5H3,(H,29,30,31)/t14-,16+,17-,18-,19-,20+,21-,22-,23-,24-,25+,26+/m0/s1. The summed E-state index contributed by atoms with van der Waals surface area (Å²) < 4.78 is 43.5. The quantitative estimate of drug-likeness (QED) is 0.300. The van der Waals surface area contributed by atoms with E-state index in [9.17, 15) is 23.2 Å². The third-order valence-electron chi connectivity index (χ3n) is 10.8. The molecule has 1 heterocycles. The molecule has 0 aromatic carbocycles. The normalized spacial score (nSPS) is 51.3. The molecule has 4 fully saturated rings. The topological polar surface area (TPSA) is 117 Å². The van der Waals surface area contributed by atoms with Gasteiger partial charge in [-0.25, -0.2) is 4.18 Å². The van der Waals surface area contributed by atoms with Crippen LogP contribution in [0.5, 0.6) is 0 Å². The number of allylic oxidation sites excluding steroid dienone is 2. The van der Waals surface area contributed by atoms with Crippen LogP contribution in [-0.4, -0.2) is 53.7 Å². The second kappa shape index (κ2) is 8.25.